The maximum atomic E-state index is 5.20. The van der Waals surface area contributed by atoms with E-state index in [2.05, 4.69) is 41.3 Å². The predicted molar refractivity (Wildman–Crippen MR) is 81.0 cm³/mol. The van der Waals surface area contributed by atoms with E-state index in [0.717, 1.165) is 17.3 Å². The quantitative estimate of drug-likeness (QED) is 0.902. The number of hydrogen-bond acceptors (Lipinski definition) is 4. The molecule has 1 aromatic heterocycles. The van der Waals surface area contributed by atoms with Gasteiger partial charge in [0.2, 0.25) is 0 Å². The van der Waals surface area contributed by atoms with Crippen molar-refractivity contribution in [1.82, 2.24) is 9.97 Å². The summed E-state index contributed by atoms with van der Waals surface area (Å²) in [5.74, 6) is 2.17. The summed E-state index contributed by atoms with van der Waals surface area (Å²) in [5, 5.41) is 3.48. The van der Waals surface area contributed by atoms with Gasteiger partial charge in [0.15, 0.2) is 0 Å². The number of hydrogen-bond donors (Lipinski definition) is 1. The molecule has 0 aliphatic rings. The van der Waals surface area contributed by atoms with E-state index in [4.69, 9.17) is 4.74 Å². The van der Waals surface area contributed by atoms with Crippen LogP contribution in [0.15, 0.2) is 36.7 Å². The number of nitrogens with one attached hydrogen (secondary N) is 1. The minimum atomic E-state index is 0.204. The van der Waals surface area contributed by atoms with E-state index < -0.39 is 0 Å². The highest BCUT2D eigenvalue weighted by Gasteiger charge is 2.16. The minimum Gasteiger partial charge on any atom is -0.497 e. The van der Waals surface area contributed by atoms with Crippen molar-refractivity contribution < 1.29 is 4.74 Å². The first-order chi connectivity index (χ1) is 9.60. The molecule has 1 atom stereocenters. The highest BCUT2D eigenvalue weighted by molar-refractivity contribution is 5.40. The Morgan fingerprint density at radius 3 is 2.35 bits per heavy atom. The first-order valence-corrected chi connectivity index (χ1v) is 6.79. The minimum absolute atomic E-state index is 0.204. The molecule has 1 unspecified atom stereocenters. The SMILES string of the molecule is COc1ccc(C(Nc2cc(C)ncn2)C(C)C)cc1. The van der Waals surface area contributed by atoms with Crippen molar-refractivity contribution >= 4 is 5.82 Å². The van der Waals surface area contributed by atoms with E-state index in [0.29, 0.717) is 5.92 Å². The molecule has 2 rings (SSSR count). The summed E-state index contributed by atoms with van der Waals surface area (Å²) in [6.07, 6.45) is 1.59. The monoisotopic (exact) mass is 271 g/mol. The fraction of sp³-hybridized carbons (Fsp3) is 0.375. The second-order valence-electron chi connectivity index (χ2n) is 5.18. The molecule has 0 aliphatic heterocycles. The highest BCUT2D eigenvalue weighted by atomic mass is 16.5. The molecule has 0 spiro atoms. The van der Waals surface area contributed by atoms with Gasteiger partial charge in [-0.05, 0) is 30.5 Å². The van der Waals surface area contributed by atoms with E-state index in [1.54, 1.807) is 13.4 Å². The molecule has 1 heterocycles. The lowest BCUT2D eigenvalue weighted by Gasteiger charge is -2.23. The van der Waals surface area contributed by atoms with Crippen molar-refractivity contribution in [3.8, 4) is 5.75 Å². The summed E-state index contributed by atoms with van der Waals surface area (Å²) in [6.45, 7) is 6.34. The molecule has 1 aromatic carbocycles. The number of aromatic nitrogens is 2. The largest absolute Gasteiger partial charge is 0.497 e. The van der Waals surface area contributed by atoms with E-state index in [1.807, 2.05) is 25.1 Å². The van der Waals surface area contributed by atoms with Gasteiger partial charge in [0, 0.05) is 11.8 Å². The number of nitrogens with zero attached hydrogens (tertiary/aromatic N) is 2. The number of methoxy groups -OCH3 is 1. The lowest BCUT2D eigenvalue weighted by molar-refractivity contribution is 0.414. The van der Waals surface area contributed by atoms with Crippen molar-refractivity contribution in [3.05, 3.63) is 47.9 Å². The zero-order valence-corrected chi connectivity index (χ0v) is 12.4. The highest BCUT2D eigenvalue weighted by Crippen LogP contribution is 2.27. The summed E-state index contributed by atoms with van der Waals surface area (Å²) in [4.78, 5) is 8.39. The van der Waals surface area contributed by atoms with Crippen LogP contribution < -0.4 is 10.1 Å². The van der Waals surface area contributed by atoms with Crippen LogP contribution >= 0.6 is 0 Å². The lowest BCUT2D eigenvalue weighted by atomic mass is 9.96. The van der Waals surface area contributed by atoms with Gasteiger partial charge >= 0.3 is 0 Å². The van der Waals surface area contributed by atoms with Gasteiger partial charge in [0.1, 0.15) is 17.9 Å². The van der Waals surface area contributed by atoms with Crippen molar-refractivity contribution in [2.24, 2.45) is 5.92 Å². The molecule has 1 N–H and O–H groups in total. The van der Waals surface area contributed by atoms with Gasteiger partial charge in [-0.2, -0.15) is 0 Å². The van der Waals surface area contributed by atoms with Gasteiger partial charge in [-0.3, -0.25) is 0 Å². The van der Waals surface area contributed by atoms with E-state index >= 15 is 0 Å². The van der Waals surface area contributed by atoms with Crippen LogP contribution in [0.5, 0.6) is 5.75 Å². The maximum absolute atomic E-state index is 5.20. The fourth-order valence-electron chi connectivity index (χ4n) is 2.14. The average Bonchev–Trinajstić information content (AvgIpc) is 2.45. The zero-order chi connectivity index (χ0) is 14.5. The summed E-state index contributed by atoms with van der Waals surface area (Å²) >= 11 is 0. The van der Waals surface area contributed by atoms with Crippen LogP contribution in [0, 0.1) is 12.8 Å². The molecule has 106 valence electrons. The summed E-state index contributed by atoms with van der Waals surface area (Å²) in [6, 6.07) is 10.3. The molecule has 4 heteroatoms. The summed E-state index contributed by atoms with van der Waals surface area (Å²) < 4.78 is 5.20. The van der Waals surface area contributed by atoms with Crippen LogP contribution in [0.4, 0.5) is 5.82 Å². The van der Waals surface area contributed by atoms with Crippen LogP contribution in [-0.2, 0) is 0 Å². The van der Waals surface area contributed by atoms with Gasteiger partial charge in [-0.1, -0.05) is 26.0 Å². The second kappa shape index (κ2) is 6.37. The molecule has 0 fully saturated rings. The Morgan fingerprint density at radius 1 is 1.10 bits per heavy atom. The Kier molecular flexibility index (Phi) is 4.56. The topological polar surface area (TPSA) is 47.0 Å². The maximum Gasteiger partial charge on any atom is 0.130 e. The number of anilines is 1. The third kappa shape index (κ3) is 3.47. The van der Waals surface area contributed by atoms with Gasteiger partial charge in [-0.15, -0.1) is 0 Å². The molecule has 0 aliphatic carbocycles. The Balaban J connectivity index is 2.22. The van der Waals surface area contributed by atoms with Gasteiger partial charge < -0.3 is 10.1 Å². The van der Waals surface area contributed by atoms with Crippen molar-refractivity contribution in [3.63, 3.8) is 0 Å². The van der Waals surface area contributed by atoms with E-state index in [-0.39, 0.29) is 6.04 Å². The van der Waals surface area contributed by atoms with Crippen LogP contribution in [0.1, 0.15) is 31.1 Å². The summed E-state index contributed by atoms with van der Waals surface area (Å²) in [5.41, 5.74) is 2.18. The standard InChI is InChI=1S/C16H21N3O/c1-11(2)16(13-5-7-14(20-4)8-6-13)19-15-9-12(3)17-10-18-15/h5-11,16H,1-4H3,(H,17,18,19). The molecule has 4 nitrogen and oxygen atoms in total. The second-order valence-corrected chi connectivity index (χ2v) is 5.18. The van der Waals surface area contributed by atoms with Gasteiger partial charge in [0.05, 0.1) is 13.2 Å². The number of aryl methyl sites for hydroxylation is 1. The van der Waals surface area contributed by atoms with Crippen LogP contribution in [-0.4, -0.2) is 17.1 Å². The average molecular weight is 271 g/mol. The Labute approximate surface area is 120 Å². The van der Waals surface area contributed by atoms with Crippen LogP contribution in [0.2, 0.25) is 0 Å². The molecule has 0 saturated carbocycles. The first-order valence-electron chi connectivity index (χ1n) is 6.79. The fourth-order valence-corrected chi connectivity index (χ4v) is 2.14. The number of ether oxygens (including phenoxy) is 1. The number of benzene rings is 1. The van der Waals surface area contributed by atoms with E-state index in [9.17, 15) is 0 Å². The molecule has 0 radical (unpaired) electrons. The lowest BCUT2D eigenvalue weighted by Crippen LogP contribution is -2.17. The first kappa shape index (κ1) is 14.3. The zero-order valence-electron chi connectivity index (χ0n) is 12.4. The molecule has 20 heavy (non-hydrogen) atoms. The third-order valence-corrected chi connectivity index (χ3v) is 3.25. The van der Waals surface area contributed by atoms with Gasteiger partial charge in [-0.25, -0.2) is 9.97 Å². The predicted octanol–water partition coefficient (Wildman–Crippen LogP) is 3.60. The normalized spacial score (nSPS) is 12.2. The summed E-state index contributed by atoms with van der Waals surface area (Å²) in [7, 11) is 1.68. The number of rotatable bonds is 5. The van der Waals surface area contributed by atoms with Gasteiger partial charge in [0.25, 0.3) is 0 Å². The molecule has 0 bridgehead atoms. The smallest absolute Gasteiger partial charge is 0.130 e. The Bertz CT molecular complexity index is 552. The van der Waals surface area contributed by atoms with Crippen molar-refractivity contribution in [2.75, 3.05) is 12.4 Å². The van der Waals surface area contributed by atoms with Crippen molar-refractivity contribution in [1.29, 1.82) is 0 Å². The van der Waals surface area contributed by atoms with Crippen LogP contribution in [0.25, 0.3) is 0 Å². The van der Waals surface area contributed by atoms with Crippen LogP contribution in [0.3, 0.4) is 0 Å². The third-order valence-electron chi connectivity index (χ3n) is 3.25. The molecule has 0 saturated heterocycles. The molecular weight excluding hydrogens is 250 g/mol. The molecular formula is C16H21N3O. The Hall–Kier alpha value is -2.10. The molecule has 2 aromatic rings. The Morgan fingerprint density at radius 2 is 1.80 bits per heavy atom. The van der Waals surface area contributed by atoms with Crippen molar-refractivity contribution in [2.45, 2.75) is 26.8 Å². The van der Waals surface area contributed by atoms with E-state index in [1.165, 1.54) is 5.56 Å². The molecule has 0 amide bonds.